The van der Waals surface area contributed by atoms with Crippen molar-refractivity contribution in [3.05, 3.63) is 40.1 Å². The van der Waals surface area contributed by atoms with E-state index in [1.54, 1.807) is 20.0 Å². The fourth-order valence-electron chi connectivity index (χ4n) is 3.65. The number of nitro groups is 1. The second kappa shape index (κ2) is 7.40. The summed E-state index contributed by atoms with van der Waals surface area (Å²) in [6.45, 7) is 4.86. The van der Waals surface area contributed by atoms with Gasteiger partial charge < -0.3 is 4.90 Å². The number of piperidine rings is 1. The maximum atomic E-state index is 12.1. The zero-order chi connectivity index (χ0) is 19.8. The molecule has 1 saturated heterocycles. The van der Waals surface area contributed by atoms with Crippen LogP contribution in [0.5, 0.6) is 0 Å². The predicted molar refractivity (Wildman–Crippen MR) is 106 cm³/mol. The van der Waals surface area contributed by atoms with E-state index in [1.807, 2.05) is 19.1 Å². The molecular formula is C18H24N4O4S. The molecule has 0 bridgehead atoms. The summed E-state index contributed by atoms with van der Waals surface area (Å²) >= 11 is 0. The van der Waals surface area contributed by atoms with E-state index in [2.05, 4.69) is 9.88 Å². The topological polar surface area (TPSA) is 96.7 Å². The lowest BCUT2D eigenvalue weighted by molar-refractivity contribution is -0.383. The minimum Gasteiger partial charge on any atom is -0.371 e. The molecule has 1 aromatic carbocycles. The number of aryl methyl sites for hydroxylation is 1. The van der Waals surface area contributed by atoms with Crippen molar-refractivity contribution in [3.63, 3.8) is 0 Å². The summed E-state index contributed by atoms with van der Waals surface area (Å²) in [5.74, 6) is 0.0988. The number of sulfonamides is 1. The van der Waals surface area contributed by atoms with Crippen LogP contribution in [0.3, 0.4) is 0 Å². The van der Waals surface area contributed by atoms with Gasteiger partial charge in [-0.25, -0.2) is 17.7 Å². The molecule has 0 spiro atoms. The van der Waals surface area contributed by atoms with Gasteiger partial charge in [0.1, 0.15) is 0 Å². The molecule has 0 unspecified atom stereocenters. The zero-order valence-corrected chi connectivity index (χ0v) is 16.6. The summed E-state index contributed by atoms with van der Waals surface area (Å²) in [5.41, 5.74) is 2.03. The third kappa shape index (κ3) is 3.74. The SMILES string of the molecule is CCS(=O)(=O)N(C)C1CCN(c2cc(C)nc3c([N+](=O)[O-])cccc23)CC1. The normalized spacial score (nSPS) is 16.2. The minimum atomic E-state index is -3.21. The van der Waals surface area contributed by atoms with Gasteiger partial charge in [-0.2, -0.15) is 0 Å². The monoisotopic (exact) mass is 392 g/mol. The molecule has 0 atom stereocenters. The highest BCUT2D eigenvalue weighted by atomic mass is 32.2. The van der Waals surface area contributed by atoms with Crippen LogP contribution in [-0.2, 0) is 10.0 Å². The van der Waals surface area contributed by atoms with E-state index in [1.165, 1.54) is 10.4 Å². The van der Waals surface area contributed by atoms with Gasteiger partial charge in [0, 0.05) is 49.0 Å². The first-order valence-electron chi connectivity index (χ1n) is 9.00. The van der Waals surface area contributed by atoms with E-state index < -0.39 is 14.9 Å². The van der Waals surface area contributed by atoms with Crippen molar-refractivity contribution in [2.24, 2.45) is 0 Å². The van der Waals surface area contributed by atoms with Gasteiger partial charge in [0.05, 0.1) is 10.7 Å². The van der Waals surface area contributed by atoms with Crippen LogP contribution in [0.4, 0.5) is 11.4 Å². The Morgan fingerprint density at radius 1 is 1.33 bits per heavy atom. The summed E-state index contributed by atoms with van der Waals surface area (Å²) in [7, 11) is -1.56. The lowest BCUT2D eigenvalue weighted by Crippen LogP contribution is -2.46. The van der Waals surface area contributed by atoms with E-state index in [9.17, 15) is 18.5 Å². The Hall–Kier alpha value is -2.26. The van der Waals surface area contributed by atoms with Crippen molar-refractivity contribution in [2.45, 2.75) is 32.7 Å². The van der Waals surface area contributed by atoms with Crippen LogP contribution < -0.4 is 4.90 Å². The number of rotatable bonds is 5. The maximum absolute atomic E-state index is 12.1. The Bertz CT molecular complexity index is 969. The van der Waals surface area contributed by atoms with Gasteiger partial charge in [-0.1, -0.05) is 12.1 Å². The molecule has 2 heterocycles. The Labute approximate surface area is 159 Å². The number of para-hydroxylation sites is 1. The number of benzene rings is 1. The van der Waals surface area contributed by atoms with Gasteiger partial charge in [-0.3, -0.25) is 10.1 Å². The van der Waals surface area contributed by atoms with Gasteiger partial charge in [-0.15, -0.1) is 0 Å². The summed E-state index contributed by atoms with van der Waals surface area (Å²) in [5, 5.41) is 12.1. The number of pyridine rings is 1. The molecule has 1 fully saturated rings. The first-order chi connectivity index (χ1) is 12.7. The smallest absolute Gasteiger partial charge is 0.295 e. The maximum Gasteiger partial charge on any atom is 0.295 e. The van der Waals surface area contributed by atoms with Crippen LogP contribution in [0.25, 0.3) is 10.9 Å². The molecule has 3 rings (SSSR count). The number of fused-ring (bicyclic) bond motifs is 1. The van der Waals surface area contributed by atoms with E-state index in [0.29, 0.717) is 31.4 Å². The summed E-state index contributed by atoms with van der Waals surface area (Å²) in [6.07, 6.45) is 1.43. The molecule has 0 saturated carbocycles. The Morgan fingerprint density at radius 3 is 2.59 bits per heavy atom. The van der Waals surface area contributed by atoms with Crippen molar-refractivity contribution in [1.29, 1.82) is 0 Å². The quantitative estimate of drug-likeness (QED) is 0.573. The zero-order valence-electron chi connectivity index (χ0n) is 15.8. The molecule has 146 valence electrons. The van der Waals surface area contributed by atoms with Gasteiger partial charge in [0.2, 0.25) is 10.0 Å². The summed E-state index contributed by atoms with van der Waals surface area (Å²) in [4.78, 5) is 17.5. The predicted octanol–water partition coefficient (Wildman–Crippen LogP) is 2.70. The molecule has 1 aromatic heterocycles. The molecule has 9 heteroatoms. The third-order valence-corrected chi connectivity index (χ3v) is 7.15. The molecule has 1 aliphatic rings. The van der Waals surface area contributed by atoms with Crippen LogP contribution >= 0.6 is 0 Å². The molecule has 0 radical (unpaired) electrons. The first-order valence-corrected chi connectivity index (χ1v) is 10.6. The fourth-order valence-corrected chi connectivity index (χ4v) is 4.72. The van der Waals surface area contributed by atoms with Crippen LogP contribution in [0, 0.1) is 17.0 Å². The molecule has 0 amide bonds. The number of anilines is 1. The van der Waals surface area contributed by atoms with Gasteiger partial charge in [0.15, 0.2) is 5.52 Å². The molecule has 0 N–H and O–H groups in total. The lowest BCUT2D eigenvalue weighted by atomic mass is 10.0. The van der Waals surface area contributed by atoms with E-state index in [4.69, 9.17) is 0 Å². The fraction of sp³-hybridized carbons (Fsp3) is 0.500. The van der Waals surface area contributed by atoms with Crippen LogP contribution in [0.2, 0.25) is 0 Å². The molecule has 0 aliphatic carbocycles. The largest absolute Gasteiger partial charge is 0.371 e. The molecule has 27 heavy (non-hydrogen) atoms. The van der Waals surface area contributed by atoms with Crippen molar-refractivity contribution in [2.75, 3.05) is 30.8 Å². The number of nitro benzene ring substituents is 1. The number of hydrogen-bond donors (Lipinski definition) is 0. The highest BCUT2D eigenvalue weighted by molar-refractivity contribution is 7.89. The Kier molecular flexibility index (Phi) is 5.34. The molecule has 1 aliphatic heterocycles. The first kappa shape index (κ1) is 19.5. The lowest BCUT2D eigenvalue weighted by Gasteiger charge is -2.37. The average molecular weight is 392 g/mol. The molecule has 2 aromatic rings. The summed E-state index contributed by atoms with van der Waals surface area (Å²) < 4.78 is 25.7. The Balaban J connectivity index is 1.90. The van der Waals surface area contributed by atoms with E-state index >= 15 is 0 Å². The van der Waals surface area contributed by atoms with Crippen molar-refractivity contribution in [3.8, 4) is 0 Å². The molecule has 8 nitrogen and oxygen atoms in total. The third-order valence-electron chi connectivity index (χ3n) is 5.24. The highest BCUT2D eigenvalue weighted by Crippen LogP contribution is 2.34. The van der Waals surface area contributed by atoms with Gasteiger partial charge >= 0.3 is 0 Å². The van der Waals surface area contributed by atoms with Crippen molar-refractivity contribution < 1.29 is 13.3 Å². The number of non-ortho nitro benzene ring substituents is 1. The highest BCUT2D eigenvalue weighted by Gasteiger charge is 2.29. The van der Waals surface area contributed by atoms with Crippen molar-refractivity contribution >= 4 is 32.3 Å². The summed E-state index contributed by atoms with van der Waals surface area (Å²) in [6, 6.07) is 6.92. The van der Waals surface area contributed by atoms with Gasteiger partial charge in [-0.05, 0) is 32.8 Å². The minimum absolute atomic E-state index is 0.00103. The van der Waals surface area contributed by atoms with E-state index in [0.717, 1.165) is 16.8 Å². The molecular weight excluding hydrogens is 368 g/mol. The number of hydrogen-bond acceptors (Lipinski definition) is 6. The standard InChI is InChI=1S/C18H24N4O4S/c1-4-27(25,26)20(3)14-8-10-21(11-9-14)17-12-13(2)19-18-15(17)6-5-7-16(18)22(23)24/h5-7,12,14H,4,8-11H2,1-3H3. The van der Waals surface area contributed by atoms with E-state index in [-0.39, 0.29) is 17.5 Å². The second-order valence-electron chi connectivity index (χ2n) is 6.85. The van der Waals surface area contributed by atoms with Crippen LogP contribution in [0.1, 0.15) is 25.5 Å². The van der Waals surface area contributed by atoms with Crippen LogP contribution in [0.15, 0.2) is 24.3 Å². The van der Waals surface area contributed by atoms with Crippen LogP contribution in [-0.4, -0.2) is 54.6 Å². The van der Waals surface area contributed by atoms with Gasteiger partial charge in [0.25, 0.3) is 5.69 Å². The number of aromatic nitrogens is 1. The van der Waals surface area contributed by atoms with Crippen molar-refractivity contribution in [1.82, 2.24) is 9.29 Å². The Morgan fingerprint density at radius 2 is 2.00 bits per heavy atom. The second-order valence-corrected chi connectivity index (χ2v) is 9.17. The average Bonchev–Trinajstić information content (AvgIpc) is 2.66. The number of nitrogens with zero attached hydrogens (tertiary/aromatic N) is 4.